The molecule has 0 aromatic carbocycles. The van der Waals surface area contributed by atoms with Crippen LogP contribution in [-0.4, -0.2) is 44.6 Å². The van der Waals surface area contributed by atoms with Crippen LogP contribution in [0.4, 0.5) is 0 Å². The van der Waals surface area contributed by atoms with E-state index in [1.165, 1.54) is 6.92 Å². The lowest BCUT2D eigenvalue weighted by Gasteiger charge is -2.43. The Morgan fingerprint density at radius 1 is 0.714 bits per heavy atom. The van der Waals surface area contributed by atoms with Crippen LogP contribution in [0.5, 0.6) is 0 Å². The molecule has 21 heavy (non-hydrogen) atoms. The van der Waals surface area contributed by atoms with E-state index in [-0.39, 0.29) is 0 Å². The Morgan fingerprint density at radius 2 is 1.00 bits per heavy atom. The van der Waals surface area contributed by atoms with E-state index in [1.54, 1.807) is 6.55 Å². The van der Waals surface area contributed by atoms with Crippen molar-refractivity contribution in [3.63, 3.8) is 0 Å². The van der Waals surface area contributed by atoms with Gasteiger partial charge in [0.25, 0.3) is 0 Å². The van der Waals surface area contributed by atoms with Gasteiger partial charge >= 0.3 is 35.1 Å². The molecule has 0 aromatic rings. The summed E-state index contributed by atoms with van der Waals surface area (Å²) in [6.07, 6.45) is 0. The second-order valence-corrected chi connectivity index (χ2v) is 6.06. The molecule has 120 valence electrons. The molecule has 0 atom stereocenters. The van der Waals surface area contributed by atoms with Crippen LogP contribution in [0.15, 0.2) is 0 Å². The van der Waals surface area contributed by atoms with Gasteiger partial charge in [0.1, 0.15) is 9.52 Å². The van der Waals surface area contributed by atoms with Crippen LogP contribution in [0.3, 0.4) is 0 Å². The molecular weight excluding hydrogens is 300 g/mol. The molecule has 0 N–H and O–H groups in total. The van der Waals surface area contributed by atoms with Crippen LogP contribution in [0.25, 0.3) is 0 Å². The lowest BCUT2D eigenvalue weighted by Crippen LogP contribution is -2.64. The van der Waals surface area contributed by atoms with E-state index in [1.807, 2.05) is 0 Å². The molecule has 0 aliphatic heterocycles. The molecule has 0 bridgehead atoms. The summed E-state index contributed by atoms with van der Waals surface area (Å²) in [4.78, 5) is 45.3. The summed E-state index contributed by atoms with van der Waals surface area (Å²) in [6.45, 7) is 7.24. The number of hydrogen-bond acceptors (Lipinski definition) is 8. The predicted octanol–water partition coefficient (Wildman–Crippen LogP) is -0.174. The highest BCUT2D eigenvalue weighted by atomic mass is 28.2. The number of ether oxygens (including phenoxy) is 4. The zero-order valence-electron chi connectivity index (χ0n) is 13.0. The summed E-state index contributed by atoms with van der Waals surface area (Å²) in [6, 6.07) is 0. The van der Waals surface area contributed by atoms with Crippen LogP contribution < -0.4 is 0 Å². The first-order chi connectivity index (χ1) is 9.48. The summed E-state index contributed by atoms with van der Waals surface area (Å²) in [5.74, 6) is -5.16. The van der Waals surface area contributed by atoms with Crippen molar-refractivity contribution in [2.75, 3.05) is 0 Å². The van der Waals surface area contributed by atoms with E-state index in [9.17, 15) is 19.2 Å². The monoisotopic (exact) mass is 320 g/mol. The normalized spacial score (nSPS) is 11.9. The standard InChI is InChI=1S/C12H20O8Si/c1-7(13)17-11(5,18-8(2)14)12(21-6,19-9(3)15)20-10(4)16/h21H2,1-6H3. The van der Waals surface area contributed by atoms with Crippen LogP contribution in [-0.2, 0) is 38.1 Å². The Bertz CT molecular complexity index is 413. The van der Waals surface area contributed by atoms with E-state index >= 15 is 0 Å². The van der Waals surface area contributed by atoms with E-state index in [0.29, 0.717) is 0 Å². The quantitative estimate of drug-likeness (QED) is 0.377. The number of carbonyl (C=O) groups is 4. The van der Waals surface area contributed by atoms with Gasteiger partial charge in [-0.1, -0.05) is 6.55 Å². The Hall–Kier alpha value is -1.90. The molecule has 0 aliphatic rings. The first-order valence-electron chi connectivity index (χ1n) is 6.26. The van der Waals surface area contributed by atoms with Crippen molar-refractivity contribution >= 4 is 33.4 Å². The van der Waals surface area contributed by atoms with Gasteiger partial charge in [-0.15, -0.1) is 0 Å². The average molecular weight is 320 g/mol. The third-order valence-corrected chi connectivity index (χ3v) is 4.31. The molecule has 0 amide bonds. The minimum absolute atomic E-state index is 0.767. The molecule has 0 saturated carbocycles. The van der Waals surface area contributed by atoms with Crippen molar-refractivity contribution in [1.29, 1.82) is 0 Å². The van der Waals surface area contributed by atoms with E-state index < -0.39 is 44.6 Å². The lowest BCUT2D eigenvalue weighted by molar-refractivity contribution is -0.324. The van der Waals surface area contributed by atoms with Gasteiger partial charge < -0.3 is 18.9 Å². The minimum atomic E-state index is -2.05. The van der Waals surface area contributed by atoms with Crippen molar-refractivity contribution in [3.05, 3.63) is 0 Å². The maximum Gasteiger partial charge on any atom is 0.325 e. The summed E-state index contributed by atoms with van der Waals surface area (Å²) in [7, 11) is -1.50. The molecule has 8 nitrogen and oxygen atoms in total. The summed E-state index contributed by atoms with van der Waals surface area (Å²) >= 11 is 0. The highest BCUT2D eigenvalue weighted by Gasteiger charge is 2.59. The maximum atomic E-state index is 11.3. The highest BCUT2D eigenvalue weighted by molar-refractivity contribution is 6.38. The summed E-state index contributed by atoms with van der Waals surface area (Å²) in [5.41, 5.74) is -1.94. The molecule has 0 radical (unpaired) electrons. The number of hydrogen-bond donors (Lipinski definition) is 0. The van der Waals surface area contributed by atoms with Gasteiger partial charge in [0.2, 0.25) is 0 Å². The molecule has 0 heterocycles. The number of rotatable bonds is 6. The largest absolute Gasteiger partial charge is 0.420 e. The third kappa shape index (κ3) is 5.18. The third-order valence-electron chi connectivity index (χ3n) is 2.45. The van der Waals surface area contributed by atoms with Gasteiger partial charge in [-0.05, 0) is 0 Å². The topological polar surface area (TPSA) is 105 Å². The van der Waals surface area contributed by atoms with E-state index in [4.69, 9.17) is 18.9 Å². The van der Waals surface area contributed by atoms with Gasteiger partial charge in [-0.25, -0.2) is 0 Å². The van der Waals surface area contributed by atoms with E-state index in [2.05, 4.69) is 0 Å². The van der Waals surface area contributed by atoms with Crippen molar-refractivity contribution in [2.24, 2.45) is 0 Å². The van der Waals surface area contributed by atoms with Gasteiger partial charge in [0.05, 0.1) is 0 Å². The molecule has 0 rings (SSSR count). The van der Waals surface area contributed by atoms with Gasteiger partial charge in [-0.2, -0.15) is 0 Å². The Labute approximate surface area is 124 Å². The van der Waals surface area contributed by atoms with E-state index in [0.717, 1.165) is 27.7 Å². The van der Waals surface area contributed by atoms with Crippen molar-refractivity contribution < 1.29 is 38.1 Å². The zero-order valence-corrected chi connectivity index (χ0v) is 14.4. The van der Waals surface area contributed by atoms with Crippen molar-refractivity contribution in [2.45, 2.75) is 52.4 Å². The smallest absolute Gasteiger partial charge is 0.325 e. The fraction of sp³-hybridized carbons (Fsp3) is 0.667. The highest BCUT2D eigenvalue weighted by Crippen LogP contribution is 2.33. The lowest BCUT2D eigenvalue weighted by atomic mass is 10.3. The van der Waals surface area contributed by atoms with Gasteiger partial charge in [-0.3, -0.25) is 19.2 Å². The number of carbonyl (C=O) groups excluding carboxylic acids is 4. The van der Waals surface area contributed by atoms with Crippen LogP contribution in [0.2, 0.25) is 6.55 Å². The SMILES string of the molecule is C[SiH2]C(OC(C)=O)(OC(C)=O)C(C)(OC(C)=O)OC(C)=O. The first kappa shape index (κ1) is 19.1. The summed E-state index contributed by atoms with van der Waals surface area (Å²) in [5, 5.41) is 0. The minimum Gasteiger partial charge on any atom is -0.420 e. The van der Waals surface area contributed by atoms with Crippen molar-refractivity contribution in [1.82, 2.24) is 0 Å². The Morgan fingerprint density at radius 3 is 1.19 bits per heavy atom. The second kappa shape index (κ2) is 7.20. The molecular formula is C12H20O8Si. The zero-order chi connectivity index (χ0) is 16.8. The average Bonchev–Trinajstić information content (AvgIpc) is 2.23. The Balaban J connectivity index is 5.94. The molecule has 0 unspecified atom stereocenters. The summed E-state index contributed by atoms with van der Waals surface area (Å²) < 4.78 is 20.2. The molecule has 0 saturated heterocycles. The van der Waals surface area contributed by atoms with Crippen molar-refractivity contribution in [3.8, 4) is 0 Å². The van der Waals surface area contributed by atoms with Gasteiger partial charge in [0.15, 0.2) is 0 Å². The van der Waals surface area contributed by atoms with Gasteiger partial charge in [0, 0.05) is 34.6 Å². The second-order valence-electron chi connectivity index (χ2n) is 4.43. The molecule has 0 spiro atoms. The Kier molecular flexibility index (Phi) is 6.55. The van der Waals surface area contributed by atoms with Crippen LogP contribution in [0, 0.1) is 0 Å². The van der Waals surface area contributed by atoms with Crippen LogP contribution >= 0.6 is 0 Å². The number of esters is 4. The molecule has 0 fully saturated rings. The maximum absolute atomic E-state index is 11.3. The van der Waals surface area contributed by atoms with Crippen LogP contribution in [0.1, 0.15) is 34.6 Å². The molecule has 0 aromatic heterocycles. The fourth-order valence-corrected chi connectivity index (χ4v) is 3.34. The fourth-order valence-electron chi connectivity index (χ4n) is 1.86. The first-order valence-corrected chi connectivity index (χ1v) is 8.38. The molecule has 9 heteroatoms. The molecule has 0 aliphatic carbocycles. The predicted molar refractivity (Wildman–Crippen MR) is 72.6 cm³/mol.